The first kappa shape index (κ1) is 13.2. The van der Waals surface area contributed by atoms with E-state index in [1.807, 2.05) is 12.1 Å². The number of fused-ring (bicyclic) bond motifs is 1. The number of nitrogens with one attached hydrogen (secondary N) is 1. The molecule has 0 aromatic carbocycles. The van der Waals surface area contributed by atoms with Gasteiger partial charge in [0.05, 0.1) is 0 Å². The number of aromatic nitrogens is 4. The summed E-state index contributed by atoms with van der Waals surface area (Å²) >= 11 is 0. The van der Waals surface area contributed by atoms with Gasteiger partial charge in [-0.05, 0) is 23.5 Å². The van der Waals surface area contributed by atoms with Crippen LogP contribution in [0.5, 0.6) is 0 Å². The van der Waals surface area contributed by atoms with E-state index in [2.05, 4.69) is 34.2 Å². The zero-order valence-corrected chi connectivity index (χ0v) is 12.6. The Balaban J connectivity index is 1.91. The van der Waals surface area contributed by atoms with Gasteiger partial charge in [0.25, 0.3) is 0 Å². The van der Waals surface area contributed by atoms with Gasteiger partial charge in [0, 0.05) is 30.1 Å². The summed E-state index contributed by atoms with van der Waals surface area (Å²) in [5.74, 6) is 0.854. The maximum absolute atomic E-state index is 12.8. The molecule has 1 N–H and O–H groups in total. The Labute approximate surface area is 128 Å². The van der Waals surface area contributed by atoms with E-state index in [1.54, 1.807) is 17.1 Å². The fraction of sp³-hybridized carbons (Fsp3) is 0.375. The molecule has 0 saturated heterocycles. The average Bonchev–Trinajstić information content (AvgIpc) is 2.92. The van der Waals surface area contributed by atoms with Crippen LogP contribution >= 0.6 is 0 Å². The predicted octanol–water partition coefficient (Wildman–Crippen LogP) is 2.33. The highest BCUT2D eigenvalue weighted by atomic mass is 16.1. The minimum atomic E-state index is -0.244. The number of nitrogens with zero attached hydrogens (tertiary/aromatic N) is 4. The highest BCUT2D eigenvalue weighted by molar-refractivity contribution is 6.00. The van der Waals surface area contributed by atoms with Crippen LogP contribution in [0, 0.1) is 5.41 Å². The summed E-state index contributed by atoms with van der Waals surface area (Å²) in [5, 5.41) is 7.60. The van der Waals surface area contributed by atoms with Crippen molar-refractivity contribution in [3.63, 3.8) is 0 Å². The molecular weight excluding hydrogens is 278 g/mol. The molecule has 1 aliphatic heterocycles. The molecule has 0 bridgehead atoms. The van der Waals surface area contributed by atoms with Crippen LogP contribution < -0.4 is 5.32 Å². The lowest BCUT2D eigenvalue weighted by Crippen LogP contribution is -2.36. The Bertz CT molecular complexity index is 775. The zero-order valence-electron chi connectivity index (χ0n) is 12.6. The average molecular weight is 295 g/mol. The largest absolute Gasteiger partial charge is 0.328 e. The van der Waals surface area contributed by atoms with Crippen molar-refractivity contribution in [1.82, 2.24) is 19.7 Å². The second-order valence-corrected chi connectivity index (χ2v) is 6.68. The minimum absolute atomic E-state index is 0.0371. The Morgan fingerprint density at radius 2 is 2.23 bits per heavy atom. The molecule has 22 heavy (non-hydrogen) atoms. The van der Waals surface area contributed by atoms with Crippen molar-refractivity contribution >= 4 is 11.7 Å². The van der Waals surface area contributed by atoms with E-state index in [1.165, 1.54) is 6.33 Å². The number of Topliss-reactive ketones (excluding diaryl/α,β-unsaturated/α-hetero) is 1. The maximum Gasteiger partial charge on any atom is 0.226 e. The number of carbonyl (C=O) groups excluding carboxylic acids is 1. The molecule has 6 heteroatoms. The molecule has 0 saturated carbocycles. The van der Waals surface area contributed by atoms with Gasteiger partial charge in [0.1, 0.15) is 12.4 Å². The predicted molar refractivity (Wildman–Crippen MR) is 81.1 cm³/mol. The molecule has 0 spiro atoms. The van der Waals surface area contributed by atoms with E-state index in [4.69, 9.17) is 0 Å². The molecule has 1 aliphatic carbocycles. The third-order valence-electron chi connectivity index (χ3n) is 4.27. The summed E-state index contributed by atoms with van der Waals surface area (Å²) in [6.07, 6.45) is 6.42. The summed E-state index contributed by atoms with van der Waals surface area (Å²) < 4.78 is 1.77. The quantitative estimate of drug-likeness (QED) is 0.874. The van der Waals surface area contributed by atoms with E-state index in [0.29, 0.717) is 12.4 Å². The molecule has 0 amide bonds. The van der Waals surface area contributed by atoms with Gasteiger partial charge in [0.2, 0.25) is 5.95 Å². The number of carbonyl (C=O) groups is 1. The summed E-state index contributed by atoms with van der Waals surface area (Å²) in [6.45, 7) is 4.24. The Morgan fingerprint density at radius 3 is 3.00 bits per heavy atom. The first-order valence-electron chi connectivity index (χ1n) is 7.38. The Morgan fingerprint density at radius 1 is 1.36 bits per heavy atom. The normalized spacial score (nSPS) is 22.8. The van der Waals surface area contributed by atoms with Gasteiger partial charge >= 0.3 is 0 Å². The summed E-state index contributed by atoms with van der Waals surface area (Å²) in [7, 11) is 0. The number of anilines is 1. The lowest BCUT2D eigenvalue weighted by molar-refractivity contribution is -0.118. The van der Waals surface area contributed by atoms with Gasteiger partial charge < -0.3 is 5.32 Å². The second-order valence-electron chi connectivity index (χ2n) is 6.68. The monoisotopic (exact) mass is 295 g/mol. The van der Waals surface area contributed by atoms with Gasteiger partial charge in [0.15, 0.2) is 5.78 Å². The Hall–Kier alpha value is -2.50. The van der Waals surface area contributed by atoms with E-state index in [9.17, 15) is 4.79 Å². The van der Waals surface area contributed by atoms with Crippen molar-refractivity contribution in [3.8, 4) is 0 Å². The van der Waals surface area contributed by atoms with Gasteiger partial charge in [-0.25, -0.2) is 4.68 Å². The molecule has 2 aliphatic rings. The molecule has 0 fully saturated rings. The smallest absolute Gasteiger partial charge is 0.226 e. The van der Waals surface area contributed by atoms with Gasteiger partial charge in [-0.1, -0.05) is 19.9 Å². The van der Waals surface area contributed by atoms with E-state index >= 15 is 0 Å². The molecule has 6 nitrogen and oxygen atoms in total. The summed E-state index contributed by atoms with van der Waals surface area (Å²) in [5.41, 5.74) is 2.68. The molecule has 0 unspecified atom stereocenters. The fourth-order valence-electron chi connectivity index (χ4n) is 3.39. The van der Waals surface area contributed by atoms with Crippen LogP contribution in [0.4, 0.5) is 5.95 Å². The fourth-order valence-corrected chi connectivity index (χ4v) is 3.39. The highest BCUT2D eigenvalue weighted by Crippen LogP contribution is 2.44. The third kappa shape index (κ3) is 1.94. The number of rotatable bonds is 1. The molecule has 3 heterocycles. The van der Waals surface area contributed by atoms with E-state index in [0.717, 1.165) is 23.3 Å². The molecule has 2 aromatic rings. The second kappa shape index (κ2) is 4.50. The van der Waals surface area contributed by atoms with Gasteiger partial charge in [-0.15, -0.1) is 0 Å². The minimum Gasteiger partial charge on any atom is -0.328 e. The first-order chi connectivity index (χ1) is 10.6. The van der Waals surface area contributed by atoms with Crippen LogP contribution in [0.25, 0.3) is 0 Å². The van der Waals surface area contributed by atoms with Crippen molar-refractivity contribution in [3.05, 3.63) is 47.7 Å². The van der Waals surface area contributed by atoms with Crippen molar-refractivity contribution < 1.29 is 4.79 Å². The topological polar surface area (TPSA) is 72.7 Å². The van der Waals surface area contributed by atoms with Crippen LogP contribution in [-0.2, 0) is 4.79 Å². The Kier molecular flexibility index (Phi) is 2.69. The third-order valence-corrected chi connectivity index (χ3v) is 4.27. The molecule has 112 valence electrons. The van der Waals surface area contributed by atoms with Crippen molar-refractivity contribution in [2.45, 2.75) is 32.7 Å². The van der Waals surface area contributed by atoms with E-state index in [-0.39, 0.29) is 17.2 Å². The van der Waals surface area contributed by atoms with Crippen LogP contribution in [0.2, 0.25) is 0 Å². The van der Waals surface area contributed by atoms with E-state index < -0.39 is 0 Å². The standard InChI is InChI=1S/C16H17N5O/c1-16(2)6-11-13(12(22)7-16)14(10-4-3-5-17-8-10)21-15(20-11)18-9-19-21/h3-5,8-9,14H,6-7H2,1-2H3,(H,18,19,20)/t14-/m1/s1. The first-order valence-corrected chi connectivity index (χ1v) is 7.38. The van der Waals surface area contributed by atoms with Crippen LogP contribution in [0.3, 0.4) is 0 Å². The summed E-state index contributed by atoms with van der Waals surface area (Å²) in [6, 6.07) is 3.61. The van der Waals surface area contributed by atoms with Crippen molar-refractivity contribution in [1.29, 1.82) is 0 Å². The molecule has 0 radical (unpaired) electrons. The van der Waals surface area contributed by atoms with Crippen LogP contribution in [0.15, 0.2) is 42.1 Å². The number of allylic oxidation sites excluding steroid dienone is 2. The number of pyridine rings is 1. The zero-order chi connectivity index (χ0) is 15.3. The number of hydrogen-bond acceptors (Lipinski definition) is 5. The molecule has 2 aromatic heterocycles. The number of hydrogen-bond donors (Lipinski definition) is 1. The molecule has 4 rings (SSSR count). The van der Waals surface area contributed by atoms with Crippen molar-refractivity contribution in [2.75, 3.05) is 5.32 Å². The maximum atomic E-state index is 12.8. The van der Waals surface area contributed by atoms with Crippen LogP contribution in [0.1, 0.15) is 38.3 Å². The molecular formula is C16H17N5O. The van der Waals surface area contributed by atoms with Gasteiger partial charge in [-0.3, -0.25) is 9.78 Å². The number of ketones is 1. The SMILES string of the molecule is CC1(C)CC(=O)C2=C(C1)Nc1ncnn1[C@@H]2c1cccnc1. The molecule has 1 atom stereocenters. The lowest BCUT2D eigenvalue weighted by Gasteiger charge is -2.38. The van der Waals surface area contributed by atoms with Gasteiger partial charge in [-0.2, -0.15) is 10.1 Å². The van der Waals surface area contributed by atoms with Crippen molar-refractivity contribution in [2.24, 2.45) is 5.41 Å². The highest BCUT2D eigenvalue weighted by Gasteiger charge is 2.41. The van der Waals surface area contributed by atoms with Crippen LogP contribution in [-0.4, -0.2) is 25.5 Å². The summed E-state index contributed by atoms with van der Waals surface area (Å²) in [4.78, 5) is 21.2. The lowest BCUT2D eigenvalue weighted by atomic mass is 9.73.